The number of rotatable bonds is 5. The third-order valence-electron chi connectivity index (χ3n) is 2.68. The van der Waals surface area contributed by atoms with Gasteiger partial charge in [-0.1, -0.05) is 0 Å². The molecule has 7 nitrogen and oxygen atoms in total. The van der Waals surface area contributed by atoms with E-state index >= 15 is 0 Å². The summed E-state index contributed by atoms with van der Waals surface area (Å²) in [6.07, 6.45) is 0.662. The molecule has 1 aromatic heterocycles. The number of carboxylic acids is 1. The van der Waals surface area contributed by atoms with Crippen molar-refractivity contribution >= 4 is 23.4 Å². The van der Waals surface area contributed by atoms with E-state index in [4.69, 9.17) is 9.52 Å². The molecule has 7 heteroatoms. The normalized spacial score (nSPS) is 9.95. The first-order valence-corrected chi connectivity index (χ1v) is 6.08. The van der Waals surface area contributed by atoms with Crippen molar-refractivity contribution in [1.29, 1.82) is 0 Å². The van der Waals surface area contributed by atoms with Crippen molar-refractivity contribution in [3.8, 4) is 0 Å². The summed E-state index contributed by atoms with van der Waals surface area (Å²) in [4.78, 5) is 21.7. The Morgan fingerprint density at radius 2 is 1.90 bits per heavy atom. The first kappa shape index (κ1) is 14.4. The minimum absolute atomic E-state index is 0.115. The minimum Gasteiger partial charge on any atom is -0.478 e. The highest BCUT2D eigenvalue weighted by molar-refractivity contribution is 5.87. The molecule has 3 N–H and O–H groups in total. The zero-order chi connectivity index (χ0) is 15.2. The number of carbonyl (C=O) groups is 2. The Morgan fingerprint density at radius 3 is 2.48 bits per heavy atom. The molecule has 0 radical (unpaired) electrons. The van der Waals surface area contributed by atoms with E-state index in [-0.39, 0.29) is 5.56 Å². The topological polar surface area (TPSA) is 101 Å². The Labute approximate surface area is 120 Å². The van der Waals surface area contributed by atoms with Gasteiger partial charge in [-0.05, 0) is 30.3 Å². The molecule has 0 aliphatic carbocycles. The fourth-order valence-corrected chi connectivity index (χ4v) is 1.61. The van der Waals surface area contributed by atoms with Crippen LogP contribution in [0.5, 0.6) is 0 Å². The predicted molar refractivity (Wildman–Crippen MR) is 75.5 cm³/mol. The van der Waals surface area contributed by atoms with Gasteiger partial charge in [0, 0.05) is 11.4 Å². The molecular weight excluding hydrogens is 276 g/mol. The second-order valence-electron chi connectivity index (χ2n) is 4.15. The summed E-state index contributed by atoms with van der Waals surface area (Å²) in [5, 5.41) is 14.4. The number of nitrogens with one attached hydrogen (secondary N) is 2. The fraction of sp³-hybridized carbons (Fsp3) is 0.143. The Balaban J connectivity index is 1.91. The average Bonchev–Trinajstić information content (AvgIpc) is 2.95. The number of ether oxygens (including phenoxy) is 1. The molecule has 0 saturated heterocycles. The average molecular weight is 290 g/mol. The van der Waals surface area contributed by atoms with Crippen LogP contribution in [-0.4, -0.2) is 24.3 Å². The van der Waals surface area contributed by atoms with Gasteiger partial charge >= 0.3 is 12.1 Å². The van der Waals surface area contributed by atoms with Crippen molar-refractivity contribution in [2.45, 2.75) is 6.54 Å². The highest BCUT2D eigenvalue weighted by Crippen LogP contribution is 2.15. The van der Waals surface area contributed by atoms with Crippen molar-refractivity contribution in [3.63, 3.8) is 0 Å². The number of hydrogen-bond acceptors (Lipinski definition) is 5. The monoisotopic (exact) mass is 290 g/mol. The van der Waals surface area contributed by atoms with E-state index in [0.29, 0.717) is 18.0 Å². The van der Waals surface area contributed by atoms with Gasteiger partial charge < -0.3 is 19.6 Å². The maximum Gasteiger partial charge on any atom is 0.411 e. The molecule has 0 fully saturated rings. The number of methoxy groups -OCH3 is 1. The van der Waals surface area contributed by atoms with E-state index in [1.165, 1.54) is 19.4 Å². The van der Waals surface area contributed by atoms with Crippen LogP contribution in [0.3, 0.4) is 0 Å². The SMILES string of the molecule is COC(=O)Nc1ccc(NCc2cc(C(=O)O)co2)cc1. The summed E-state index contributed by atoms with van der Waals surface area (Å²) in [7, 11) is 1.29. The number of amides is 1. The lowest BCUT2D eigenvalue weighted by molar-refractivity contribution is 0.0696. The van der Waals surface area contributed by atoms with Crippen LogP contribution in [-0.2, 0) is 11.3 Å². The van der Waals surface area contributed by atoms with Gasteiger partial charge in [0.2, 0.25) is 0 Å². The van der Waals surface area contributed by atoms with Crippen molar-refractivity contribution < 1.29 is 23.8 Å². The Hall–Kier alpha value is -2.96. The van der Waals surface area contributed by atoms with Crippen LogP contribution in [0, 0.1) is 0 Å². The zero-order valence-electron chi connectivity index (χ0n) is 11.3. The van der Waals surface area contributed by atoms with Crippen LogP contribution in [0.25, 0.3) is 0 Å². The Morgan fingerprint density at radius 1 is 1.24 bits per heavy atom. The van der Waals surface area contributed by atoms with Crippen LogP contribution in [0.15, 0.2) is 41.0 Å². The summed E-state index contributed by atoms with van der Waals surface area (Å²) in [5.74, 6) is -0.507. The van der Waals surface area contributed by atoms with E-state index in [0.717, 1.165) is 5.69 Å². The van der Waals surface area contributed by atoms with Crippen molar-refractivity contribution in [1.82, 2.24) is 0 Å². The van der Waals surface area contributed by atoms with Crippen LogP contribution in [0.1, 0.15) is 16.1 Å². The maximum atomic E-state index is 11.0. The number of carboxylic acid groups (broad SMARTS) is 1. The molecule has 0 spiro atoms. The van der Waals surface area contributed by atoms with Crippen molar-refractivity contribution in [3.05, 3.63) is 47.9 Å². The van der Waals surface area contributed by atoms with E-state index in [1.807, 2.05) is 0 Å². The molecule has 0 aliphatic rings. The predicted octanol–water partition coefficient (Wildman–Crippen LogP) is 2.77. The fourth-order valence-electron chi connectivity index (χ4n) is 1.61. The zero-order valence-corrected chi connectivity index (χ0v) is 11.3. The minimum atomic E-state index is -1.02. The van der Waals surface area contributed by atoms with Gasteiger partial charge in [-0.2, -0.15) is 0 Å². The van der Waals surface area contributed by atoms with E-state index < -0.39 is 12.1 Å². The summed E-state index contributed by atoms with van der Waals surface area (Å²) in [5.41, 5.74) is 1.53. The number of furan rings is 1. The molecule has 110 valence electrons. The second kappa shape index (κ2) is 6.47. The van der Waals surface area contributed by atoms with Gasteiger partial charge in [0.25, 0.3) is 0 Å². The summed E-state index contributed by atoms with van der Waals surface area (Å²) in [6, 6.07) is 8.43. The van der Waals surface area contributed by atoms with E-state index in [2.05, 4.69) is 15.4 Å². The third-order valence-corrected chi connectivity index (χ3v) is 2.68. The van der Waals surface area contributed by atoms with Gasteiger partial charge in [-0.3, -0.25) is 5.32 Å². The molecule has 0 saturated carbocycles. The highest BCUT2D eigenvalue weighted by Gasteiger charge is 2.07. The smallest absolute Gasteiger partial charge is 0.411 e. The van der Waals surface area contributed by atoms with E-state index in [9.17, 15) is 9.59 Å². The maximum absolute atomic E-state index is 11.0. The Kier molecular flexibility index (Phi) is 4.45. The largest absolute Gasteiger partial charge is 0.478 e. The molecule has 0 bridgehead atoms. The summed E-state index contributed by atoms with van der Waals surface area (Å²) < 4.78 is 9.61. The molecule has 0 unspecified atom stereocenters. The second-order valence-corrected chi connectivity index (χ2v) is 4.15. The van der Waals surface area contributed by atoms with Gasteiger partial charge in [0.1, 0.15) is 12.0 Å². The molecule has 21 heavy (non-hydrogen) atoms. The first-order valence-electron chi connectivity index (χ1n) is 6.08. The lowest BCUT2D eigenvalue weighted by Gasteiger charge is -2.06. The lowest BCUT2D eigenvalue weighted by Crippen LogP contribution is -2.10. The first-order chi connectivity index (χ1) is 10.1. The van der Waals surface area contributed by atoms with Crippen LogP contribution in [0.2, 0.25) is 0 Å². The van der Waals surface area contributed by atoms with Crippen LogP contribution < -0.4 is 10.6 Å². The quantitative estimate of drug-likeness (QED) is 0.782. The molecule has 1 heterocycles. The molecule has 0 aliphatic heterocycles. The molecule has 1 amide bonds. The standard InChI is InChI=1S/C14H14N2O5/c1-20-14(19)16-11-4-2-10(3-5-11)15-7-12-6-9(8-21-12)13(17)18/h2-6,8,15H,7H2,1H3,(H,16,19)(H,17,18). The number of hydrogen-bond donors (Lipinski definition) is 3. The highest BCUT2D eigenvalue weighted by atomic mass is 16.5. The molecule has 1 aromatic carbocycles. The van der Waals surface area contributed by atoms with Crippen LogP contribution >= 0.6 is 0 Å². The lowest BCUT2D eigenvalue weighted by atomic mass is 10.2. The molecular formula is C14H14N2O5. The number of anilines is 2. The van der Waals surface area contributed by atoms with Crippen molar-refractivity contribution in [2.24, 2.45) is 0 Å². The van der Waals surface area contributed by atoms with Crippen LogP contribution in [0.4, 0.5) is 16.2 Å². The van der Waals surface area contributed by atoms with Crippen molar-refractivity contribution in [2.75, 3.05) is 17.7 Å². The Bertz CT molecular complexity index is 633. The van der Waals surface area contributed by atoms with Gasteiger partial charge in [0.15, 0.2) is 0 Å². The summed E-state index contributed by atoms with van der Waals surface area (Å²) >= 11 is 0. The number of benzene rings is 1. The van der Waals surface area contributed by atoms with E-state index in [1.54, 1.807) is 24.3 Å². The van der Waals surface area contributed by atoms with Gasteiger partial charge in [-0.15, -0.1) is 0 Å². The molecule has 0 atom stereocenters. The molecule has 2 aromatic rings. The van der Waals surface area contributed by atoms with Gasteiger partial charge in [-0.25, -0.2) is 9.59 Å². The number of carbonyl (C=O) groups excluding carboxylic acids is 1. The molecule has 2 rings (SSSR count). The summed E-state index contributed by atoms with van der Waals surface area (Å²) in [6.45, 7) is 0.358. The van der Waals surface area contributed by atoms with Gasteiger partial charge in [0.05, 0.1) is 19.2 Å². The third kappa shape index (κ3) is 4.00. The number of aromatic carboxylic acids is 1.